The number of aromatic nitrogens is 2. The van der Waals surface area contributed by atoms with Gasteiger partial charge in [-0.1, -0.05) is 0 Å². The maximum absolute atomic E-state index is 7.15. The number of hydrogen-bond donors (Lipinski definition) is 2. The summed E-state index contributed by atoms with van der Waals surface area (Å²) < 4.78 is 5.38. The highest BCUT2D eigenvalue weighted by molar-refractivity contribution is 5.92. The average molecular weight is 223 g/mol. The van der Waals surface area contributed by atoms with Crippen LogP contribution in [0.15, 0.2) is 12.4 Å². The van der Waals surface area contributed by atoms with E-state index in [0.29, 0.717) is 18.2 Å². The van der Waals surface area contributed by atoms with Crippen molar-refractivity contribution in [2.45, 2.75) is 6.42 Å². The molecule has 0 atom stereocenters. The lowest BCUT2D eigenvalue weighted by molar-refractivity contribution is 0.272. The van der Waals surface area contributed by atoms with Gasteiger partial charge >= 0.3 is 0 Å². The average Bonchev–Trinajstić information content (AvgIpc) is 2.25. The number of amidine groups is 1. The minimum Gasteiger partial charge on any atom is -0.477 e. The van der Waals surface area contributed by atoms with Crippen molar-refractivity contribution in [2.75, 3.05) is 27.2 Å². The monoisotopic (exact) mass is 223 g/mol. The quantitative estimate of drug-likeness (QED) is 0.405. The molecule has 0 spiro atoms. The maximum atomic E-state index is 7.15. The summed E-state index contributed by atoms with van der Waals surface area (Å²) in [5.74, 6) is 0.371. The first-order chi connectivity index (χ1) is 7.59. The Kier molecular flexibility index (Phi) is 4.65. The molecule has 6 nitrogen and oxygen atoms in total. The van der Waals surface area contributed by atoms with Crippen LogP contribution in [-0.4, -0.2) is 48.0 Å². The van der Waals surface area contributed by atoms with Crippen molar-refractivity contribution in [3.05, 3.63) is 18.1 Å². The number of hydrogen-bond acceptors (Lipinski definition) is 5. The molecule has 6 heteroatoms. The van der Waals surface area contributed by atoms with E-state index in [2.05, 4.69) is 14.9 Å². The fraction of sp³-hybridized carbons (Fsp3) is 0.500. The molecule has 1 rings (SSSR count). The molecule has 0 saturated carbocycles. The van der Waals surface area contributed by atoms with Crippen LogP contribution < -0.4 is 10.5 Å². The second-order valence-corrected chi connectivity index (χ2v) is 3.66. The van der Waals surface area contributed by atoms with Gasteiger partial charge in [-0.15, -0.1) is 0 Å². The van der Waals surface area contributed by atoms with E-state index >= 15 is 0 Å². The van der Waals surface area contributed by atoms with Gasteiger partial charge in [0.2, 0.25) is 5.88 Å². The zero-order valence-corrected chi connectivity index (χ0v) is 9.60. The predicted molar refractivity (Wildman–Crippen MR) is 61.7 cm³/mol. The van der Waals surface area contributed by atoms with E-state index in [0.717, 1.165) is 13.0 Å². The molecule has 1 heterocycles. The molecule has 1 aromatic rings. The van der Waals surface area contributed by atoms with Gasteiger partial charge in [0, 0.05) is 6.54 Å². The highest BCUT2D eigenvalue weighted by Crippen LogP contribution is 2.03. The van der Waals surface area contributed by atoms with Gasteiger partial charge in [-0.25, -0.2) is 9.97 Å². The number of nitrogens with zero attached hydrogens (tertiary/aromatic N) is 3. The SMILES string of the molecule is CN(C)CCCOc1cnc(C(=N)N)cn1. The van der Waals surface area contributed by atoms with Crippen LogP contribution in [0.5, 0.6) is 5.88 Å². The largest absolute Gasteiger partial charge is 0.477 e. The Hall–Kier alpha value is -1.69. The molecule has 0 aliphatic rings. The minimum absolute atomic E-state index is 0.0911. The number of nitrogen functional groups attached to an aromatic ring is 1. The predicted octanol–water partition coefficient (Wildman–Crippen LogP) is 0.0912. The van der Waals surface area contributed by atoms with Gasteiger partial charge in [0.25, 0.3) is 0 Å². The first kappa shape index (κ1) is 12.4. The van der Waals surface area contributed by atoms with Crippen LogP contribution in [0.25, 0.3) is 0 Å². The Morgan fingerprint density at radius 2 is 2.19 bits per heavy atom. The molecular weight excluding hydrogens is 206 g/mol. The number of nitrogens with two attached hydrogens (primary N) is 1. The van der Waals surface area contributed by atoms with E-state index in [9.17, 15) is 0 Å². The fourth-order valence-electron chi connectivity index (χ4n) is 1.09. The van der Waals surface area contributed by atoms with Crippen LogP contribution in [0.1, 0.15) is 12.1 Å². The Bertz CT molecular complexity index is 336. The lowest BCUT2D eigenvalue weighted by Gasteiger charge is -2.09. The van der Waals surface area contributed by atoms with E-state index in [1.54, 1.807) is 0 Å². The molecule has 3 N–H and O–H groups in total. The molecule has 0 radical (unpaired) electrons. The van der Waals surface area contributed by atoms with Crippen molar-refractivity contribution in [2.24, 2.45) is 5.73 Å². The lowest BCUT2D eigenvalue weighted by atomic mass is 10.4. The van der Waals surface area contributed by atoms with Crippen molar-refractivity contribution < 1.29 is 4.74 Å². The minimum atomic E-state index is -0.0911. The second-order valence-electron chi connectivity index (χ2n) is 3.66. The van der Waals surface area contributed by atoms with Gasteiger partial charge < -0.3 is 15.4 Å². The Morgan fingerprint density at radius 1 is 1.44 bits per heavy atom. The van der Waals surface area contributed by atoms with E-state index in [4.69, 9.17) is 15.9 Å². The first-order valence-electron chi connectivity index (χ1n) is 5.03. The summed E-state index contributed by atoms with van der Waals surface area (Å²) in [5, 5.41) is 7.15. The molecule has 0 amide bonds. The van der Waals surface area contributed by atoms with Gasteiger partial charge in [-0.2, -0.15) is 0 Å². The van der Waals surface area contributed by atoms with E-state index in [-0.39, 0.29) is 5.84 Å². The Labute approximate surface area is 95.0 Å². The number of nitrogens with one attached hydrogen (secondary N) is 1. The van der Waals surface area contributed by atoms with Crippen LogP contribution in [-0.2, 0) is 0 Å². The molecule has 0 aliphatic heterocycles. The highest BCUT2D eigenvalue weighted by Gasteiger charge is 2.00. The van der Waals surface area contributed by atoms with E-state index in [1.807, 2.05) is 14.1 Å². The Balaban J connectivity index is 2.35. The zero-order valence-electron chi connectivity index (χ0n) is 9.60. The van der Waals surface area contributed by atoms with Gasteiger partial charge in [0.05, 0.1) is 19.0 Å². The van der Waals surface area contributed by atoms with Gasteiger partial charge in [-0.3, -0.25) is 5.41 Å². The molecule has 0 aromatic carbocycles. The molecule has 16 heavy (non-hydrogen) atoms. The molecule has 0 saturated heterocycles. The summed E-state index contributed by atoms with van der Waals surface area (Å²) in [4.78, 5) is 10.0. The lowest BCUT2D eigenvalue weighted by Crippen LogP contribution is -2.16. The molecule has 0 fully saturated rings. The third-order valence-corrected chi connectivity index (χ3v) is 1.90. The Morgan fingerprint density at radius 3 is 2.69 bits per heavy atom. The molecule has 0 unspecified atom stereocenters. The van der Waals surface area contributed by atoms with E-state index < -0.39 is 0 Å². The second kappa shape index (κ2) is 6.02. The first-order valence-corrected chi connectivity index (χ1v) is 5.03. The standard InChI is InChI=1S/C10H17N5O/c1-15(2)4-3-5-16-9-7-13-8(6-14-9)10(11)12/h6-7H,3-5H2,1-2H3,(H3,11,12). The van der Waals surface area contributed by atoms with Crippen LogP contribution in [0.2, 0.25) is 0 Å². The molecule has 88 valence electrons. The summed E-state index contributed by atoms with van der Waals surface area (Å²) in [6, 6.07) is 0. The van der Waals surface area contributed by atoms with Crippen LogP contribution in [0.4, 0.5) is 0 Å². The summed E-state index contributed by atoms with van der Waals surface area (Å²) >= 11 is 0. The van der Waals surface area contributed by atoms with Crippen molar-refractivity contribution in [3.63, 3.8) is 0 Å². The van der Waals surface area contributed by atoms with Gasteiger partial charge in [-0.05, 0) is 20.5 Å². The van der Waals surface area contributed by atoms with Crippen molar-refractivity contribution in [1.29, 1.82) is 5.41 Å². The number of rotatable bonds is 6. The van der Waals surface area contributed by atoms with Crippen molar-refractivity contribution in [3.8, 4) is 5.88 Å². The topological polar surface area (TPSA) is 88.1 Å². The summed E-state index contributed by atoms with van der Waals surface area (Å²) in [5.41, 5.74) is 5.61. The maximum Gasteiger partial charge on any atom is 0.232 e. The highest BCUT2D eigenvalue weighted by atomic mass is 16.5. The van der Waals surface area contributed by atoms with Crippen LogP contribution in [0, 0.1) is 5.41 Å². The van der Waals surface area contributed by atoms with Crippen molar-refractivity contribution in [1.82, 2.24) is 14.9 Å². The van der Waals surface area contributed by atoms with Crippen LogP contribution >= 0.6 is 0 Å². The zero-order chi connectivity index (χ0) is 12.0. The summed E-state index contributed by atoms with van der Waals surface area (Å²) in [6.45, 7) is 1.57. The van der Waals surface area contributed by atoms with Gasteiger partial charge in [0.15, 0.2) is 0 Å². The fourth-order valence-corrected chi connectivity index (χ4v) is 1.09. The molecule has 1 aromatic heterocycles. The number of ether oxygens (including phenoxy) is 1. The third kappa shape index (κ3) is 4.22. The summed E-state index contributed by atoms with van der Waals surface area (Å²) in [6.07, 6.45) is 3.85. The van der Waals surface area contributed by atoms with Crippen LogP contribution in [0.3, 0.4) is 0 Å². The summed E-state index contributed by atoms with van der Waals surface area (Å²) in [7, 11) is 4.03. The van der Waals surface area contributed by atoms with Crippen molar-refractivity contribution >= 4 is 5.84 Å². The van der Waals surface area contributed by atoms with E-state index in [1.165, 1.54) is 12.4 Å². The smallest absolute Gasteiger partial charge is 0.232 e. The molecule has 0 aliphatic carbocycles. The van der Waals surface area contributed by atoms with Gasteiger partial charge in [0.1, 0.15) is 11.5 Å². The normalized spacial score (nSPS) is 10.4. The molecule has 0 bridgehead atoms. The third-order valence-electron chi connectivity index (χ3n) is 1.90. The molecular formula is C10H17N5O.